The van der Waals surface area contributed by atoms with Gasteiger partial charge in [0.15, 0.2) is 18.1 Å². The smallest absolute Gasteiger partial charge is 0.343 e. The Kier molecular flexibility index (Phi) is 5.07. The van der Waals surface area contributed by atoms with E-state index in [4.69, 9.17) is 9.47 Å². The van der Waals surface area contributed by atoms with E-state index >= 15 is 0 Å². The van der Waals surface area contributed by atoms with Gasteiger partial charge in [0.1, 0.15) is 0 Å². The zero-order valence-electron chi connectivity index (χ0n) is 10.2. The number of hydrogen-bond acceptors (Lipinski definition) is 4. The fraction of sp³-hybridized carbons (Fsp3) is 0.308. The van der Waals surface area contributed by atoms with Crippen LogP contribution in [0.15, 0.2) is 24.3 Å². The highest BCUT2D eigenvalue weighted by atomic mass is 16.6. The van der Waals surface area contributed by atoms with E-state index in [9.17, 15) is 4.79 Å². The van der Waals surface area contributed by atoms with E-state index in [2.05, 4.69) is 4.74 Å². The minimum absolute atomic E-state index is 0.133. The van der Waals surface area contributed by atoms with Crippen molar-refractivity contribution in [1.29, 1.82) is 0 Å². The summed E-state index contributed by atoms with van der Waals surface area (Å²) in [5, 5.41) is 0. The molecule has 4 nitrogen and oxygen atoms in total. The third kappa shape index (κ3) is 3.83. The molecule has 0 saturated carbocycles. The van der Waals surface area contributed by atoms with Gasteiger partial charge in [-0.05, 0) is 24.6 Å². The molecule has 0 bridgehead atoms. The summed E-state index contributed by atoms with van der Waals surface area (Å²) in [4.78, 5) is 11.0. The molecule has 4 heteroatoms. The number of carbonyl (C=O) groups is 1. The number of esters is 1. The number of rotatable bonds is 5. The SMILES string of the molecule is C/C=C/c1ccc(OC)c(OCC(=O)OC)c1. The predicted molar refractivity (Wildman–Crippen MR) is 65.2 cm³/mol. The van der Waals surface area contributed by atoms with Crippen molar-refractivity contribution in [2.45, 2.75) is 6.92 Å². The number of methoxy groups -OCH3 is 2. The minimum Gasteiger partial charge on any atom is -0.493 e. The van der Waals surface area contributed by atoms with Crippen LogP contribution in [0.5, 0.6) is 11.5 Å². The number of allylic oxidation sites excluding steroid dienone is 1. The van der Waals surface area contributed by atoms with Crippen molar-refractivity contribution in [3.05, 3.63) is 29.8 Å². The van der Waals surface area contributed by atoms with Gasteiger partial charge in [0.05, 0.1) is 14.2 Å². The molecule has 0 atom stereocenters. The van der Waals surface area contributed by atoms with Crippen LogP contribution in [0.4, 0.5) is 0 Å². The first-order valence-corrected chi connectivity index (χ1v) is 5.21. The molecule has 0 aliphatic rings. The van der Waals surface area contributed by atoms with Crippen LogP contribution in [0.25, 0.3) is 6.08 Å². The Bertz CT molecular complexity index is 410. The van der Waals surface area contributed by atoms with Crippen molar-refractivity contribution in [2.75, 3.05) is 20.8 Å². The Labute approximate surface area is 101 Å². The molecule has 1 rings (SSSR count). The first kappa shape index (κ1) is 13.1. The maximum absolute atomic E-state index is 11.0. The summed E-state index contributed by atoms with van der Waals surface area (Å²) in [5.74, 6) is 0.680. The lowest BCUT2D eigenvalue weighted by Crippen LogP contribution is -2.13. The van der Waals surface area contributed by atoms with Gasteiger partial charge in [0.25, 0.3) is 0 Å². The third-order valence-electron chi connectivity index (χ3n) is 2.12. The molecule has 0 unspecified atom stereocenters. The van der Waals surface area contributed by atoms with E-state index in [0.29, 0.717) is 11.5 Å². The molecule has 1 aromatic carbocycles. The molecule has 0 heterocycles. The molecule has 0 aliphatic carbocycles. The maximum atomic E-state index is 11.0. The van der Waals surface area contributed by atoms with Crippen LogP contribution in [0.1, 0.15) is 12.5 Å². The standard InChI is InChI=1S/C13H16O4/c1-4-5-10-6-7-11(15-2)12(8-10)17-9-13(14)16-3/h4-8H,9H2,1-3H3/b5-4+. The molecule has 0 aromatic heterocycles. The van der Waals surface area contributed by atoms with Crippen LogP contribution in [0.2, 0.25) is 0 Å². The Morgan fingerprint density at radius 1 is 1.29 bits per heavy atom. The zero-order chi connectivity index (χ0) is 12.7. The van der Waals surface area contributed by atoms with Crippen molar-refractivity contribution >= 4 is 12.0 Å². The summed E-state index contributed by atoms with van der Waals surface area (Å²) >= 11 is 0. The summed E-state index contributed by atoms with van der Waals surface area (Å²) in [7, 11) is 2.87. The van der Waals surface area contributed by atoms with Crippen LogP contribution in [0, 0.1) is 0 Å². The number of hydrogen-bond donors (Lipinski definition) is 0. The van der Waals surface area contributed by atoms with Gasteiger partial charge >= 0.3 is 5.97 Å². The van der Waals surface area contributed by atoms with Crippen LogP contribution in [-0.4, -0.2) is 26.8 Å². The molecule has 0 spiro atoms. The normalized spacial score (nSPS) is 10.3. The lowest BCUT2D eigenvalue weighted by molar-refractivity contribution is -0.142. The first-order valence-electron chi connectivity index (χ1n) is 5.21. The quantitative estimate of drug-likeness (QED) is 0.736. The average molecular weight is 236 g/mol. The van der Waals surface area contributed by atoms with Gasteiger partial charge in [0, 0.05) is 0 Å². The summed E-state index contributed by atoms with van der Waals surface area (Å²) < 4.78 is 15.0. The monoisotopic (exact) mass is 236 g/mol. The summed E-state index contributed by atoms with van der Waals surface area (Å²) in [6.45, 7) is 1.80. The molecule has 0 N–H and O–H groups in total. The van der Waals surface area contributed by atoms with E-state index in [-0.39, 0.29) is 6.61 Å². The molecule has 0 aliphatic heterocycles. The molecule has 1 aromatic rings. The molecular formula is C13H16O4. The lowest BCUT2D eigenvalue weighted by Gasteiger charge is -2.10. The molecule has 17 heavy (non-hydrogen) atoms. The average Bonchev–Trinajstić information content (AvgIpc) is 2.36. The van der Waals surface area contributed by atoms with E-state index in [0.717, 1.165) is 5.56 Å². The lowest BCUT2D eigenvalue weighted by atomic mass is 10.2. The molecule has 92 valence electrons. The van der Waals surface area contributed by atoms with Crippen molar-refractivity contribution < 1.29 is 19.0 Å². The Morgan fingerprint density at radius 3 is 2.65 bits per heavy atom. The van der Waals surface area contributed by atoms with Gasteiger partial charge in [-0.1, -0.05) is 18.2 Å². The molecule has 0 radical (unpaired) electrons. The van der Waals surface area contributed by atoms with Gasteiger partial charge in [-0.15, -0.1) is 0 Å². The molecule has 0 saturated heterocycles. The van der Waals surface area contributed by atoms with Crippen LogP contribution < -0.4 is 9.47 Å². The van der Waals surface area contributed by atoms with Crippen molar-refractivity contribution in [3.8, 4) is 11.5 Å². The third-order valence-corrected chi connectivity index (χ3v) is 2.12. The molecular weight excluding hydrogens is 220 g/mol. The second-order valence-electron chi connectivity index (χ2n) is 3.28. The zero-order valence-corrected chi connectivity index (χ0v) is 10.2. The fourth-order valence-electron chi connectivity index (χ4n) is 1.30. The highest BCUT2D eigenvalue weighted by Crippen LogP contribution is 2.28. The fourth-order valence-corrected chi connectivity index (χ4v) is 1.30. The van der Waals surface area contributed by atoms with Gasteiger partial charge in [-0.2, -0.15) is 0 Å². The minimum atomic E-state index is -0.427. The summed E-state index contributed by atoms with van der Waals surface area (Å²) in [5.41, 5.74) is 0.980. The number of carbonyl (C=O) groups excluding carboxylic acids is 1. The van der Waals surface area contributed by atoms with Crippen LogP contribution in [0.3, 0.4) is 0 Å². The first-order chi connectivity index (χ1) is 8.21. The second-order valence-corrected chi connectivity index (χ2v) is 3.28. The Hall–Kier alpha value is -1.97. The van der Waals surface area contributed by atoms with E-state index in [1.54, 1.807) is 13.2 Å². The summed E-state index contributed by atoms with van der Waals surface area (Å²) in [6.07, 6.45) is 3.86. The van der Waals surface area contributed by atoms with Crippen molar-refractivity contribution in [1.82, 2.24) is 0 Å². The largest absolute Gasteiger partial charge is 0.493 e. The van der Waals surface area contributed by atoms with Crippen LogP contribution in [-0.2, 0) is 9.53 Å². The van der Waals surface area contributed by atoms with Crippen molar-refractivity contribution in [2.24, 2.45) is 0 Å². The molecule has 0 fully saturated rings. The molecule has 0 amide bonds. The van der Waals surface area contributed by atoms with E-state index in [1.165, 1.54) is 7.11 Å². The topological polar surface area (TPSA) is 44.8 Å². The highest BCUT2D eigenvalue weighted by molar-refractivity contribution is 5.71. The summed E-state index contributed by atoms with van der Waals surface area (Å²) in [6, 6.07) is 5.51. The number of ether oxygens (including phenoxy) is 3. The van der Waals surface area contributed by atoms with Gasteiger partial charge in [-0.25, -0.2) is 4.79 Å². The highest BCUT2D eigenvalue weighted by Gasteiger charge is 2.07. The van der Waals surface area contributed by atoms with Crippen LogP contribution >= 0.6 is 0 Å². The van der Waals surface area contributed by atoms with Gasteiger partial charge < -0.3 is 14.2 Å². The van der Waals surface area contributed by atoms with E-state index < -0.39 is 5.97 Å². The predicted octanol–water partition coefficient (Wildman–Crippen LogP) is 2.28. The maximum Gasteiger partial charge on any atom is 0.343 e. The Morgan fingerprint density at radius 2 is 2.06 bits per heavy atom. The van der Waals surface area contributed by atoms with Gasteiger partial charge in [0.2, 0.25) is 0 Å². The Balaban J connectivity index is 2.86. The van der Waals surface area contributed by atoms with E-state index in [1.807, 2.05) is 31.2 Å². The van der Waals surface area contributed by atoms with Gasteiger partial charge in [-0.3, -0.25) is 0 Å². The van der Waals surface area contributed by atoms with Crippen molar-refractivity contribution in [3.63, 3.8) is 0 Å². The number of benzene rings is 1. The second kappa shape index (κ2) is 6.58.